The molecule has 7 rings (SSSR count). The maximum Gasteiger partial charge on any atom is 0.249 e. The molecule has 4 aliphatic rings. The number of amides is 3. The summed E-state index contributed by atoms with van der Waals surface area (Å²) in [5.41, 5.74) is 8.59. The maximum atomic E-state index is 14.4. The van der Waals surface area contributed by atoms with E-state index in [2.05, 4.69) is 15.6 Å². The van der Waals surface area contributed by atoms with E-state index in [0.717, 1.165) is 22.3 Å². The normalized spacial score (nSPS) is 25.5. The van der Waals surface area contributed by atoms with Gasteiger partial charge in [-0.05, 0) is 41.2 Å². The quantitative estimate of drug-likeness (QED) is 0.446. The van der Waals surface area contributed by atoms with Crippen LogP contribution in [0.15, 0.2) is 66.9 Å². The molecule has 0 bridgehead atoms. The van der Waals surface area contributed by atoms with E-state index in [0.29, 0.717) is 44.0 Å². The number of anilines is 1. The molecule has 1 aromatic heterocycles. The van der Waals surface area contributed by atoms with Crippen LogP contribution >= 0.6 is 0 Å². The van der Waals surface area contributed by atoms with Gasteiger partial charge in [0.15, 0.2) is 0 Å². The second-order valence-electron chi connectivity index (χ2n) is 11.3. The van der Waals surface area contributed by atoms with Gasteiger partial charge in [0.05, 0.1) is 37.9 Å². The number of nitrogens with two attached hydrogens (primary N) is 1. The topological polar surface area (TPSA) is 136 Å². The molecule has 3 aliphatic heterocycles. The fourth-order valence-corrected chi connectivity index (χ4v) is 6.90. The number of hydrogen-bond acceptors (Lipinski definition) is 7. The Morgan fingerprint density at radius 2 is 1.76 bits per heavy atom. The molecular formula is C31H31N5O5. The first kappa shape index (κ1) is 25.8. The van der Waals surface area contributed by atoms with Crippen LogP contribution in [0.5, 0.6) is 0 Å². The molecule has 210 valence electrons. The van der Waals surface area contributed by atoms with E-state index in [1.165, 1.54) is 0 Å². The summed E-state index contributed by atoms with van der Waals surface area (Å²) in [5.74, 6) is -0.411. The van der Waals surface area contributed by atoms with Crippen LogP contribution < -0.4 is 16.4 Å². The van der Waals surface area contributed by atoms with Crippen LogP contribution in [0.4, 0.5) is 5.82 Å². The molecule has 2 aromatic carbocycles. The van der Waals surface area contributed by atoms with E-state index in [-0.39, 0.29) is 25.0 Å². The van der Waals surface area contributed by atoms with Crippen molar-refractivity contribution < 1.29 is 23.9 Å². The fraction of sp³-hybridized carbons (Fsp3) is 0.355. The molecule has 1 unspecified atom stereocenters. The predicted octanol–water partition coefficient (Wildman–Crippen LogP) is 1.56. The van der Waals surface area contributed by atoms with Crippen molar-refractivity contribution in [2.24, 2.45) is 5.73 Å². The fourth-order valence-electron chi connectivity index (χ4n) is 6.90. The zero-order chi connectivity index (χ0) is 28.2. The van der Waals surface area contributed by atoms with Gasteiger partial charge in [0, 0.05) is 18.3 Å². The molecule has 3 atom stereocenters. The highest BCUT2D eigenvalue weighted by atomic mass is 16.5. The lowest BCUT2D eigenvalue weighted by atomic mass is 9.79. The number of rotatable bonds is 4. The highest BCUT2D eigenvalue weighted by molar-refractivity contribution is 6.06. The highest BCUT2D eigenvalue weighted by Crippen LogP contribution is 2.47. The first-order chi connectivity index (χ1) is 19.9. The summed E-state index contributed by atoms with van der Waals surface area (Å²) >= 11 is 0. The summed E-state index contributed by atoms with van der Waals surface area (Å²) < 4.78 is 11.5. The monoisotopic (exact) mass is 553 g/mol. The van der Waals surface area contributed by atoms with Crippen LogP contribution in [0.25, 0.3) is 0 Å². The molecule has 0 radical (unpaired) electrons. The van der Waals surface area contributed by atoms with Crippen LogP contribution in [0.3, 0.4) is 0 Å². The van der Waals surface area contributed by atoms with E-state index in [1.54, 1.807) is 11.1 Å². The standard InChI is InChI=1S/C31H31N5O5/c32-26(37)25(20-8-9-21-14-30(15-22(21)13-20)23-7-4-10-33-27(23)35-28(30)38)36-24(19-5-2-1-3-6-19)16-34-31(29(36)39)17-40-11-12-41-18-31/h1-10,13,24-25,34H,11-12,14-18H2,(H2,32,37)(H,33,35,38)/t24-,25?,30+/m0/s1. The minimum Gasteiger partial charge on any atom is -0.376 e. The number of nitrogens with zero attached hydrogens (tertiary/aromatic N) is 2. The Bertz CT molecular complexity index is 1540. The molecule has 10 heteroatoms. The Kier molecular flexibility index (Phi) is 6.15. The third-order valence-corrected chi connectivity index (χ3v) is 8.93. The van der Waals surface area contributed by atoms with Crippen molar-refractivity contribution in [3.8, 4) is 0 Å². The molecule has 1 aliphatic carbocycles. The molecule has 3 aromatic rings. The molecule has 2 fully saturated rings. The zero-order valence-electron chi connectivity index (χ0n) is 22.5. The third-order valence-electron chi connectivity index (χ3n) is 8.93. The summed E-state index contributed by atoms with van der Waals surface area (Å²) in [7, 11) is 0. The molecule has 41 heavy (non-hydrogen) atoms. The highest BCUT2D eigenvalue weighted by Gasteiger charge is 2.53. The SMILES string of the molecule is NC(=O)C(c1ccc2c(c1)C[C@@]1(C2)C(=O)Nc2ncccc21)N1C(=O)C2(COCCOC2)NC[C@H]1c1ccccc1. The van der Waals surface area contributed by atoms with Gasteiger partial charge in [-0.25, -0.2) is 4.98 Å². The van der Waals surface area contributed by atoms with Gasteiger partial charge < -0.3 is 25.4 Å². The van der Waals surface area contributed by atoms with E-state index in [9.17, 15) is 14.4 Å². The van der Waals surface area contributed by atoms with Crippen molar-refractivity contribution >= 4 is 23.5 Å². The summed E-state index contributed by atoms with van der Waals surface area (Å²) in [6, 6.07) is 17.7. The molecule has 4 N–H and O–H groups in total. The number of fused-ring (bicyclic) bond motifs is 3. The largest absolute Gasteiger partial charge is 0.376 e. The minimum atomic E-state index is -1.13. The Morgan fingerprint density at radius 3 is 2.51 bits per heavy atom. The Hall–Kier alpha value is -4.12. The number of nitrogens with one attached hydrogen (secondary N) is 2. The van der Waals surface area contributed by atoms with E-state index >= 15 is 0 Å². The second-order valence-corrected chi connectivity index (χ2v) is 11.3. The molecular weight excluding hydrogens is 522 g/mol. The number of primary amides is 1. The van der Waals surface area contributed by atoms with Crippen molar-refractivity contribution in [2.75, 3.05) is 38.3 Å². The number of ether oxygens (including phenoxy) is 2. The van der Waals surface area contributed by atoms with Crippen molar-refractivity contribution in [1.29, 1.82) is 0 Å². The molecule has 2 spiro atoms. The van der Waals surface area contributed by atoms with Crippen LogP contribution in [-0.4, -0.2) is 66.1 Å². The van der Waals surface area contributed by atoms with Gasteiger partial charge in [0.1, 0.15) is 17.4 Å². The number of pyridine rings is 1. The van der Waals surface area contributed by atoms with Crippen molar-refractivity contribution in [3.05, 3.63) is 94.7 Å². The van der Waals surface area contributed by atoms with Crippen LogP contribution in [0.1, 0.15) is 39.9 Å². The van der Waals surface area contributed by atoms with E-state index in [4.69, 9.17) is 15.2 Å². The number of hydrogen-bond donors (Lipinski definition) is 3. The first-order valence-corrected chi connectivity index (χ1v) is 13.9. The first-order valence-electron chi connectivity index (χ1n) is 13.9. The van der Waals surface area contributed by atoms with Gasteiger partial charge in [0.25, 0.3) is 0 Å². The number of carbonyl (C=O) groups excluding carboxylic acids is 3. The predicted molar refractivity (Wildman–Crippen MR) is 149 cm³/mol. The second kappa shape index (κ2) is 9.76. The summed E-state index contributed by atoms with van der Waals surface area (Å²) in [5, 5.41) is 6.33. The molecule has 0 saturated carbocycles. The number of aromatic nitrogens is 1. The number of benzene rings is 2. The van der Waals surface area contributed by atoms with Gasteiger partial charge >= 0.3 is 0 Å². The van der Waals surface area contributed by atoms with Crippen molar-refractivity contribution in [1.82, 2.24) is 15.2 Å². The lowest BCUT2D eigenvalue weighted by molar-refractivity contribution is -0.157. The maximum absolute atomic E-state index is 14.4. The van der Waals surface area contributed by atoms with Crippen LogP contribution in [0, 0.1) is 0 Å². The van der Waals surface area contributed by atoms with Gasteiger partial charge in [-0.1, -0.05) is 54.6 Å². The number of piperazine rings is 1. The Morgan fingerprint density at radius 1 is 1.00 bits per heavy atom. The zero-order valence-corrected chi connectivity index (χ0v) is 22.5. The third kappa shape index (κ3) is 4.05. The van der Waals surface area contributed by atoms with Crippen LogP contribution in [0.2, 0.25) is 0 Å². The van der Waals surface area contributed by atoms with Crippen LogP contribution in [-0.2, 0) is 42.1 Å². The Labute approximate surface area is 237 Å². The summed E-state index contributed by atoms with van der Waals surface area (Å²) in [6.07, 6.45) is 2.67. The number of carbonyl (C=O) groups is 3. The molecule has 4 heterocycles. The lowest BCUT2D eigenvalue weighted by Gasteiger charge is -2.48. The lowest BCUT2D eigenvalue weighted by Crippen LogP contribution is -2.70. The van der Waals surface area contributed by atoms with Gasteiger partial charge in [-0.15, -0.1) is 0 Å². The molecule has 10 nitrogen and oxygen atoms in total. The minimum absolute atomic E-state index is 0.0767. The van der Waals surface area contributed by atoms with Gasteiger partial charge in [0.2, 0.25) is 17.7 Å². The van der Waals surface area contributed by atoms with Gasteiger partial charge in [-0.2, -0.15) is 0 Å². The average Bonchev–Trinajstić information content (AvgIpc) is 3.38. The summed E-state index contributed by atoms with van der Waals surface area (Å²) in [6.45, 7) is 1.42. The van der Waals surface area contributed by atoms with Gasteiger partial charge in [-0.3, -0.25) is 19.7 Å². The smallest absolute Gasteiger partial charge is 0.249 e. The van der Waals surface area contributed by atoms with E-state index in [1.807, 2.05) is 60.7 Å². The Balaban J connectivity index is 1.29. The van der Waals surface area contributed by atoms with Crippen molar-refractivity contribution in [3.63, 3.8) is 0 Å². The van der Waals surface area contributed by atoms with Crippen molar-refractivity contribution in [2.45, 2.75) is 35.9 Å². The molecule has 3 amide bonds. The summed E-state index contributed by atoms with van der Waals surface area (Å²) in [4.78, 5) is 46.9. The average molecular weight is 554 g/mol. The molecule has 2 saturated heterocycles. The van der Waals surface area contributed by atoms with E-state index < -0.39 is 28.9 Å².